The second kappa shape index (κ2) is 7.41. The van der Waals surface area contributed by atoms with Crippen molar-refractivity contribution in [3.63, 3.8) is 0 Å². The molecule has 1 N–H and O–H groups in total. The second-order valence-electron chi connectivity index (χ2n) is 4.98. The Labute approximate surface area is 135 Å². The molecule has 2 aromatic rings. The van der Waals surface area contributed by atoms with Gasteiger partial charge in [0.05, 0.1) is 6.42 Å². The monoisotopic (exact) mass is 344 g/mol. The van der Waals surface area contributed by atoms with Crippen LogP contribution in [0.4, 0.5) is 17.6 Å². The van der Waals surface area contributed by atoms with E-state index in [0.29, 0.717) is 5.89 Å². The molecule has 0 saturated heterocycles. The quantitative estimate of drug-likeness (QED) is 0.818. The van der Waals surface area contributed by atoms with Gasteiger partial charge in [0, 0.05) is 31.9 Å². The van der Waals surface area contributed by atoms with E-state index in [-0.39, 0.29) is 23.4 Å². The van der Waals surface area contributed by atoms with Crippen LogP contribution in [0, 0.1) is 19.2 Å². The van der Waals surface area contributed by atoms with Gasteiger partial charge in [-0.05, 0) is 23.8 Å². The van der Waals surface area contributed by atoms with Crippen molar-refractivity contribution in [3.05, 3.63) is 53.3 Å². The molecular formula is C15H14F4N3O2. The Morgan fingerprint density at radius 3 is 2.71 bits per heavy atom. The minimum atomic E-state index is -4.35. The molecule has 5 nitrogen and oxygen atoms in total. The number of benzene rings is 1. The topological polar surface area (TPSA) is 68.0 Å². The number of amides is 1. The molecule has 1 radical (unpaired) electrons. The zero-order valence-corrected chi connectivity index (χ0v) is 12.7. The van der Waals surface area contributed by atoms with Gasteiger partial charge in [-0.25, -0.2) is 4.39 Å². The predicted octanol–water partition coefficient (Wildman–Crippen LogP) is 2.99. The number of nitrogens with zero attached hydrogens (tertiary/aromatic N) is 2. The predicted molar refractivity (Wildman–Crippen MR) is 75.5 cm³/mol. The van der Waals surface area contributed by atoms with Crippen LogP contribution in [0.3, 0.4) is 0 Å². The van der Waals surface area contributed by atoms with Gasteiger partial charge in [0.15, 0.2) is 0 Å². The van der Waals surface area contributed by atoms with Crippen molar-refractivity contribution in [3.8, 4) is 0 Å². The number of halogens is 4. The number of carbonyl (C=O) groups excluding carboxylic acids is 1. The largest absolute Gasteiger partial charge is 0.426 e. The lowest BCUT2D eigenvalue weighted by atomic mass is 10.0. The van der Waals surface area contributed by atoms with Gasteiger partial charge in [-0.15, -0.1) is 10.2 Å². The van der Waals surface area contributed by atoms with Gasteiger partial charge in [-0.2, -0.15) is 13.2 Å². The van der Waals surface area contributed by atoms with Gasteiger partial charge in [0.1, 0.15) is 5.82 Å². The number of aryl methyl sites for hydroxylation is 1. The summed E-state index contributed by atoms with van der Waals surface area (Å²) in [5.41, 5.74) is 0.181. The number of rotatable bonds is 6. The molecular weight excluding hydrogens is 330 g/mol. The molecule has 2 rings (SSSR count). The molecule has 1 amide bonds. The zero-order chi connectivity index (χ0) is 17.7. The maximum Gasteiger partial charge on any atom is 0.390 e. The highest BCUT2D eigenvalue weighted by molar-refractivity contribution is 5.94. The van der Waals surface area contributed by atoms with E-state index in [1.807, 2.05) is 0 Å². The minimum Gasteiger partial charge on any atom is -0.426 e. The van der Waals surface area contributed by atoms with Crippen molar-refractivity contribution in [2.45, 2.75) is 25.9 Å². The Kier molecular flexibility index (Phi) is 5.53. The Bertz CT molecular complexity index is 713. The molecule has 129 valence electrons. The molecule has 1 aromatic heterocycles. The molecule has 9 heteroatoms. The molecule has 1 aromatic carbocycles. The number of aromatic nitrogens is 2. The van der Waals surface area contributed by atoms with Crippen LogP contribution in [0.15, 0.2) is 22.6 Å². The van der Waals surface area contributed by atoms with Gasteiger partial charge in [-0.1, -0.05) is 0 Å². The number of nitrogens with one attached hydrogen (secondary N) is 1. The summed E-state index contributed by atoms with van der Waals surface area (Å²) in [4.78, 5) is 11.8. The van der Waals surface area contributed by atoms with Crippen LogP contribution in [0.2, 0.25) is 0 Å². The minimum absolute atomic E-state index is 0.0616. The molecule has 0 spiro atoms. The average Bonchev–Trinajstić information content (AvgIpc) is 2.90. The van der Waals surface area contributed by atoms with E-state index in [2.05, 4.69) is 15.5 Å². The van der Waals surface area contributed by atoms with Crippen LogP contribution in [0.5, 0.6) is 0 Å². The van der Waals surface area contributed by atoms with Crippen molar-refractivity contribution in [2.24, 2.45) is 0 Å². The van der Waals surface area contributed by atoms with Crippen molar-refractivity contribution >= 4 is 5.91 Å². The van der Waals surface area contributed by atoms with E-state index in [0.717, 1.165) is 6.07 Å². The SMILES string of the molecule is Cc1nnc(C[CH]c2cc(C(=O)NCCC(F)(F)F)ccc2F)o1. The average molecular weight is 344 g/mol. The van der Waals surface area contributed by atoms with Crippen LogP contribution >= 0.6 is 0 Å². The van der Waals surface area contributed by atoms with Crippen LogP contribution in [0.1, 0.15) is 34.1 Å². The molecule has 0 fully saturated rings. The summed E-state index contributed by atoms with van der Waals surface area (Å²) in [6.07, 6.45) is -3.86. The smallest absolute Gasteiger partial charge is 0.390 e. The molecule has 0 aliphatic carbocycles. The van der Waals surface area contributed by atoms with Gasteiger partial charge < -0.3 is 9.73 Å². The summed E-state index contributed by atoms with van der Waals surface area (Å²) in [6, 6.07) is 3.53. The first-order chi connectivity index (χ1) is 11.2. The summed E-state index contributed by atoms with van der Waals surface area (Å²) in [5.74, 6) is -0.621. The van der Waals surface area contributed by atoms with E-state index >= 15 is 0 Å². The highest BCUT2D eigenvalue weighted by Crippen LogP contribution is 2.19. The van der Waals surface area contributed by atoms with Crippen molar-refractivity contribution in [1.82, 2.24) is 15.5 Å². The van der Waals surface area contributed by atoms with Gasteiger partial charge in [0.2, 0.25) is 11.8 Å². The third-order valence-electron chi connectivity index (χ3n) is 3.02. The van der Waals surface area contributed by atoms with Crippen LogP contribution < -0.4 is 5.32 Å². The normalized spacial score (nSPS) is 11.5. The fraction of sp³-hybridized carbons (Fsp3) is 0.333. The van der Waals surface area contributed by atoms with Crippen molar-refractivity contribution in [1.29, 1.82) is 0 Å². The maximum atomic E-state index is 13.8. The standard InChI is InChI=1S/C15H14F4N3O2/c1-9-21-22-13(24-9)5-3-10-8-11(2-4-12(10)16)14(23)20-7-6-15(17,18)19/h2-4,8H,5-7H2,1H3,(H,20,23). The first-order valence-electron chi connectivity index (χ1n) is 7.01. The summed E-state index contributed by atoms with van der Waals surface area (Å²) < 4.78 is 55.1. The molecule has 24 heavy (non-hydrogen) atoms. The maximum absolute atomic E-state index is 13.8. The van der Waals surface area contributed by atoms with E-state index in [4.69, 9.17) is 4.42 Å². The first-order valence-corrected chi connectivity index (χ1v) is 7.01. The summed E-state index contributed by atoms with van der Waals surface area (Å²) in [5, 5.41) is 9.53. The molecule has 0 atom stereocenters. The Morgan fingerprint density at radius 2 is 2.08 bits per heavy atom. The molecule has 0 aliphatic rings. The zero-order valence-electron chi connectivity index (χ0n) is 12.7. The Balaban J connectivity index is 1.98. The molecule has 0 saturated carbocycles. The molecule has 0 bridgehead atoms. The van der Waals surface area contributed by atoms with Crippen molar-refractivity contribution < 1.29 is 26.8 Å². The van der Waals surface area contributed by atoms with E-state index < -0.39 is 30.9 Å². The molecule has 0 unspecified atom stereocenters. The number of hydrogen-bond donors (Lipinski definition) is 1. The van der Waals surface area contributed by atoms with Crippen molar-refractivity contribution in [2.75, 3.05) is 6.54 Å². The fourth-order valence-corrected chi connectivity index (χ4v) is 1.88. The van der Waals surface area contributed by atoms with E-state index in [1.54, 1.807) is 6.92 Å². The van der Waals surface area contributed by atoms with Gasteiger partial charge in [0.25, 0.3) is 5.91 Å². The Hall–Kier alpha value is -2.45. The third kappa shape index (κ3) is 5.32. The lowest BCUT2D eigenvalue weighted by Crippen LogP contribution is -2.28. The van der Waals surface area contributed by atoms with E-state index in [9.17, 15) is 22.4 Å². The highest BCUT2D eigenvalue weighted by Gasteiger charge is 2.26. The highest BCUT2D eigenvalue weighted by atomic mass is 19.4. The Morgan fingerprint density at radius 1 is 1.33 bits per heavy atom. The van der Waals surface area contributed by atoms with Gasteiger partial charge in [-0.3, -0.25) is 4.79 Å². The van der Waals surface area contributed by atoms with Crippen LogP contribution in [-0.4, -0.2) is 28.8 Å². The van der Waals surface area contributed by atoms with Crippen LogP contribution in [0.25, 0.3) is 0 Å². The fourth-order valence-electron chi connectivity index (χ4n) is 1.88. The summed E-state index contributed by atoms with van der Waals surface area (Å²) in [6.45, 7) is 1.07. The second-order valence-corrected chi connectivity index (χ2v) is 4.98. The third-order valence-corrected chi connectivity index (χ3v) is 3.02. The number of carbonyl (C=O) groups is 1. The lowest BCUT2D eigenvalue weighted by molar-refractivity contribution is -0.132. The van der Waals surface area contributed by atoms with E-state index in [1.165, 1.54) is 18.6 Å². The molecule has 1 heterocycles. The molecule has 0 aliphatic heterocycles. The van der Waals surface area contributed by atoms with Crippen LogP contribution in [-0.2, 0) is 6.42 Å². The number of alkyl halides is 3. The lowest BCUT2D eigenvalue weighted by Gasteiger charge is -2.09. The summed E-state index contributed by atoms with van der Waals surface area (Å²) in [7, 11) is 0. The first kappa shape index (κ1) is 17.9. The number of hydrogen-bond acceptors (Lipinski definition) is 4. The van der Waals surface area contributed by atoms with Gasteiger partial charge >= 0.3 is 6.18 Å². The summed E-state index contributed by atoms with van der Waals surface area (Å²) >= 11 is 0.